The van der Waals surface area contributed by atoms with Crippen LogP contribution in [0.25, 0.3) is 20.2 Å². The van der Waals surface area contributed by atoms with E-state index in [2.05, 4.69) is 0 Å². The summed E-state index contributed by atoms with van der Waals surface area (Å²) in [6.07, 6.45) is -0.0677. The van der Waals surface area contributed by atoms with E-state index in [9.17, 15) is 23.7 Å². The summed E-state index contributed by atoms with van der Waals surface area (Å²) in [6.45, 7) is 2.77. The maximum Gasteiger partial charge on any atom is 0.309 e. The molecule has 2 aromatic carbocycles. The van der Waals surface area contributed by atoms with Crippen LogP contribution in [0.5, 0.6) is 23.0 Å². The van der Waals surface area contributed by atoms with Gasteiger partial charge in [-0.1, -0.05) is 0 Å². The smallest absolute Gasteiger partial charge is 0.309 e. The summed E-state index contributed by atoms with van der Waals surface area (Å²) in [7, 11) is 2.66. The molecular formula is C29H28F2O10S3. The van der Waals surface area contributed by atoms with Crippen LogP contribution in [-0.2, 0) is 15.9 Å². The van der Waals surface area contributed by atoms with Crippen LogP contribution in [0.3, 0.4) is 0 Å². The fourth-order valence-corrected chi connectivity index (χ4v) is 6.72. The van der Waals surface area contributed by atoms with Gasteiger partial charge >= 0.3 is 5.97 Å². The molecule has 0 spiro atoms. The summed E-state index contributed by atoms with van der Waals surface area (Å²) in [4.78, 5) is 36.7. The van der Waals surface area contributed by atoms with Crippen LogP contribution in [0.1, 0.15) is 46.0 Å². The number of carbonyl (C=O) groups excluding carboxylic acids is 2. The van der Waals surface area contributed by atoms with E-state index < -0.39 is 51.4 Å². The predicted molar refractivity (Wildman–Crippen MR) is 163 cm³/mol. The molecule has 0 saturated carbocycles. The molecule has 4 aromatic rings. The average Bonchev–Trinajstić information content (AvgIpc) is 3.59. The molecular weight excluding hydrogens is 643 g/mol. The highest BCUT2D eigenvalue weighted by Crippen LogP contribution is 2.42. The van der Waals surface area contributed by atoms with E-state index in [-0.39, 0.29) is 69.6 Å². The van der Waals surface area contributed by atoms with Crippen LogP contribution in [0.2, 0.25) is 0 Å². The van der Waals surface area contributed by atoms with E-state index in [1.165, 1.54) is 52.3 Å². The van der Waals surface area contributed by atoms with Crippen LogP contribution >= 0.6 is 22.7 Å². The Labute approximate surface area is 260 Å². The second-order valence-corrected chi connectivity index (χ2v) is 13.3. The molecule has 2 heterocycles. The number of thiophene rings is 2. The Morgan fingerprint density at radius 1 is 0.841 bits per heavy atom. The number of aliphatic carboxylic acids is 1. The molecule has 0 aliphatic carbocycles. The molecule has 0 aliphatic rings. The van der Waals surface area contributed by atoms with Crippen molar-refractivity contribution < 1.29 is 56.0 Å². The molecule has 236 valence electrons. The molecule has 0 saturated heterocycles. The fraction of sp³-hybridized carbons (Fsp3) is 0.345. The predicted octanol–water partition coefficient (Wildman–Crippen LogP) is 6.35. The van der Waals surface area contributed by atoms with E-state index in [0.717, 1.165) is 22.7 Å². The number of carboxylic acid groups (broad SMARTS) is 1. The molecule has 2 N–H and O–H groups in total. The van der Waals surface area contributed by atoms with Gasteiger partial charge in [-0.2, -0.15) is 0 Å². The van der Waals surface area contributed by atoms with Gasteiger partial charge in [0, 0.05) is 45.1 Å². The SMILES string of the molecule is COc1cc2sc(C(=O)CS(=O)O)cc2c(F)c1OCCCOc1c(OC)cc2sc(C(=O)CC(C)(C)C(=O)O)cc2c1F. The Kier molecular flexibility index (Phi) is 10.2. The zero-order valence-corrected chi connectivity index (χ0v) is 26.4. The molecule has 0 aliphatic heterocycles. The number of carbonyl (C=O) groups is 3. The maximum absolute atomic E-state index is 15.5. The highest BCUT2D eigenvalue weighted by atomic mass is 32.2. The Morgan fingerprint density at radius 2 is 1.30 bits per heavy atom. The third-order valence-electron chi connectivity index (χ3n) is 6.57. The lowest BCUT2D eigenvalue weighted by atomic mass is 9.87. The lowest BCUT2D eigenvalue weighted by Gasteiger charge is -2.16. The Bertz CT molecular complexity index is 1780. The number of ketones is 2. The summed E-state index contributed by atoms with van der Waals surface area (Å²) in [5.41, 5.74) is -1.28. The normalized spacial score (nSPS) is 12.3. The first-order valence-corrected chi connectivity index (χ1v) is 15.9. The van der Waals surface area contributed by atoms with Gasteiger partial charge in [0.15, 0.2) is 57.3 Å². The highest BCUT2D eigenvalue weighted by molar-refractivity contribution is 7.80. The van der Waals surface area contributed by atoms with Crippen molar-refractivity contribution in [3.63, 3.8) is 0 Å². The average molecular weight is 671 g/mol. The number of halogens is 2. The second-order valence-electron chi connectivity index (χ2n) is 10.2. The molecule has 0 fully saturated rings. The molecule has 2 aromatic heterocycles. The number of Topliss-reactive ketones (excluding diaryl/α,β-unsaturated/α-hetero) is 2. The minimum Gasteiger partial charge on any atom is -0.493 e. The third-order valence-corrected chi connectivity index (χ3v) is 9.33. The lowest BCUT2D eigenvalue weighted by molar-refractivity contribution is -0.146. The fourth-order valence-electron chi connectivity index (χ4n) is 4.20. The minimum atomic E-state index is -2.33. The first-order chi connectivity index (χ1) is 20.8. The number of rotatable bonds is 15. The molecule has 1 atom stereocenters. The zero-order chi connectivity index (χ0) is 32.3. The van der Waals surface area contributed by atoms with Gasteiger partial charge in [-0.3, -0.25) is 14.4 Å². The van der Waals surface area contributed by atoms with Gasteiger partial charge in [0.05, 0.1) is 42.6 Å². The number of hydrogen-bond donors (Lipinski definition) is 2. The summed E-state index contributed by atoms with van der Waals surface area (Å²) < 4.78 is 73.5. The van der Waals surface area contributed by atoms with Gasteiger partial charge in [-0.15, -0.1) is 22.7 Å². The molecule has 0 bridgehead atoms. The summed E-state index contributed by atoms with van der Waals surface area (Å²) in [5.74, 6) is -4.49. The summed E-state index contributed by atoms with van der Waals surface area (Å²) in [5, 5.41) is 9.55. The van der Waals surface area contributed by atoms with Crippen molar-refractivity contribution in [1.29, 1.82) is 0 Å². The van der Waals surface area contributed by atoms with E-state index in [1.807, 2.05) is 0 Å². The molecule has 4 rings (SSSR count). The van der Waals surface area contributed by atoms with Crippen molar-refractivity contribution >= 4 is 71.5 Å². The van der Waals surface area contributed by atoms with Crippen molar-refractivity contribution in [2.45, 2.75) is 26.7 Å². The molecule has 10 nitrogen and oxygen atoms in total. The van der Waals surface area contributed by atoms with Crippen LogP contribution in [-0.4, -0.2) is 64.6 Å². The van der Waals surface area contributed by atoms with Crippen molar-refractivity contribution in [3.05, 3.63) is 45.7 Å². The monoisotopic (exact) mass is 670 g/mol. The molecule has 44 heavy (non-hydrogen) atoms. The molecule has 15 heteroatoms. The maximum atomic E-state index is 15.5. The second kappa shape index (κ2) is 13.5. The Balaban J connectivity index is 1.46. The van der Waals surface area contributed by atoms with Crippen LogP contribution in [0, 0.1) is 17.0 Å². The number of ether oxygens (including phenoxy) is 4. The van der Waals surface area contributed by atoms with Crippen molar-refractivity contribution in [1.82, 2.24) is 0 Å². The largest absolute Gasteiger partial charge is 0.493 e. The number of hydrogen-bond acceptors (Lipinski definition) is 10. The van der Waals surface area contributed by atoms with Crippen molar-refractivity contribution in [3.8, 4) is 23.0 Å². The van der Waals surface area contributed by atoms with Gasteiger partial charge in [0.25, 0.3) is 0 Å². The minimum absolute atomic E-state index is 0.0525. The number of fused-ring (bicyclic) bond motifs is 2. The van der Waals surface area contributed by atoms with Crippen LogP contribution in [0.4, 0.5) is 8.78 Å². The first kappa shape index (κ1) is 33.2. The van der Waals surface area contributed by atoms with Gasteiger partial charge in [0.1, 0.15) is 5.75 Å². The summed E-state index contributed by atoms with van der Waals surface area (Å²) in [6, 6.07) is 5.69. The molecule has 0 radical (unpaired) electrons. The van der Waals surface area contributed by atoms with E-state index in [1.54, 1.807) is 0 Å². The number of methoxy groups -OCH3 is 2. The molecule has 0 amide bonds. The highest BCUT2D eigenvalue weighted by Gasteiger charge is 2.31. The Hall–Kier alpha value is -3.66. The van der Waals surface area contributed by atoms with Crippen molar-refractivity contribution in [2.75, 3.05) is 33.2 Å². The quantitative estimate of drug-likeness (QED) is 0.0834. The first-order valence-electron chi connectivity index (χ1n) is 13.0. The third kappa shape index (κ3) is 7.01. The topological polar surface area (TPSA) is 146 Å². The zero-order valence-electron chi connectivity index (χ0n) is 24.0. The van der Waals surface area contributed by atoms with Crippen molar-refractivity contribution in [2.24, 2.45) is 5.41 Å². The van der Waals surface area contributed by atoms with E-state index >= 15 is 8.78 Å². The summed E-state index contributed by atoms with van der Waals surface area (Å²) >= 11 is -0.347. The van der Waals surface area contributed by atoms with Crippen LogP contribution in [0.15, 0.2) is 24.3 Å². The van der Waals surface area contributed by atoms with Gasteiger partial charge in [-0.25, -0.2) is 13.0 Å². The van der Waals surface area contributed by atoms with E-state index in [0.29, 0.717) is 9.40 Å². The van der Waals surface area contributed by atoms with Gasteiger partial charge in [-0.05, 0) is 26.0 Å². The molecule has 1 unspecified atom stereocenters. The van der Waals surface area contributed by atoms with Gasteiger partial charge < -0.3 is 28.6 Å². The standard InChI is InChI=1S/C29H28F2O10S3/c1-29(2,28(34)35)12-16(32)22-8-14-20(42-22)10-18(38-3)26(24(14)30)40-6-5-7-41-27-19(39-4)11-21-15(25(27)31)9-23(43-21)17(33)13-44(36)37/h8-11H,5-7,12-13H2,1-4H3,(H,34,35)(H,36,37). The number of benzene rings is 2. The Morgan fingerprint density at radius 3 is 1.70 bits per heavy atom. The number of carboxylic acids is 1. The van der Waals surface area contributed by atoms with Gasteiger partial charge in [0.2, 0.25) is 0 Å². The van der Waals surface area contributed by atoms with E-state index in [4.69, 9.17) is 23.5 Å². The van der Waals surface area contributed by atoms with Crippen LogP contribution < -0.4 is 18.9 Å². The lowest BCUT2D eigenvalue weighted by Crippen LogP contribution is -2.26.